The number of carbonyl (C=O) groups is 2. The van der Waals surface area contributed by atoms with Gasteiger partial charge in [-0.05, 0) is 56.9 Å². The van der Waals surface area contributed by atoms with Crippen LogP contribution in [0.2, 0.25) is 0 Å². The van der Waals surface area contributed by atoms with Crippen LogP contribution in [0.3, 0.4) is 0 Å². The first-order valence-corrected chi connectivity index (χ1v) is 12.0. The minimum atomic E-state index is -0.184. The van der Waals surface area contributed by atoms with E-state index >= 15 is 0 Å². The molecule has 2 aromatic rings. The van der Waals surface area contributed by atoms with Crippen molar-refractivity contribution in [2.75, 3.05) is 37.6 Å². The van der Waals surface area contributed by atoms with Gasteiger partial charge in [-0.1, -0.05) is 30.3 Å². The summed E-state index contributed by atoms with van der Waals surface area (Å²) < 4.78 is 0. The van der Waals surface area contributed by atoms with Crippen LogP contribution in [-0.4, -0.2) is 61.4 Å². The zero-order chi connectivity index (χ0) is 23.0. The molecule has 2 aliphatic heterocycles. The van der Waals surface area contributed by atoms with Crippen molar-refractivity contribution in [3.63, 3.8) is 0 Å². The third-order valence-electron chi connectivity index (χ3n) is 6.24. The molecule has 8 heteroatoms. The van der Waals surface area contributed by atoms with Crippen molar-refractivity contribution in [2.24, 2.45) is 4.99 Å². The molecule has 0 saturated carbocycles. The fourth-order valence-electron chi connectivity index (χ4n) is 4.45. The molecule has 4 rings (SSSR count). The molecule has 0 unspecified atom stereocenters. The molecule has 0 aromatic heterocycles. The number of nitrogens with zero attached hydrogens (tertiary/aromatic N) is 3. The molecular weight excluding hydrogens is 541 g/mol. The predicted molar refractivity (Wildman–Crippen MR) is 147 cm³/mol. The molecule has 2 amide bonds. The van der Waals surface area contributed by atoms with E-state index in [9.17, 15) is 9.59 Å². The maximum atomic E-state index is 12.5. The number of hydrogen-bond donors (Lipinski definition) is 2. The van der Waals surface area contributed by atoms with Crippen LogP contribution in [0.5, 0.6) is 0 Å². The van der Waals surface area contributed by atoms with Gasteiger partial charge in [-0.15, -0.1) is 24.0 Å². The van der Waals surface area contributed by atoms with E-state index < -0.39 is 0 Å². The number of anilines is 1. The summed E-state index contributed by atoms with van der Waals surface area (Å²) in [6.45, 7) is 6.02. The molecule has 0 bridgehead atoms. The second-order valence-electron chi connectivity index (χ2n) is 8.52. The van der Waals surface area contributed by atoms with Gasteiger partial charge in [-0.25, -0.2) is 0 Å². The van der Waals surface area contributed by atoms with Crippen LogP contribution in [0, 0.1) is 0 Å². The lowest BCUT2D eigenvalue weighted by Gasteiger charge is -2.34. The molecule has 182 valence electrons. The largest absolute Gasteiger partial charge is 0.371 e. The SMILES string of the molecule is CCNC(=NCCCCN1C(=O)c2ccccc2C1=O)NC1CCN(c2ccccc2)CC1.I. The first-order chi connectivity index (χ1) is 16.2. The Bertz CT molecular complexity index is 955. The summed E-state index contributed by atoms with van der Waals surface area (Å²) in [7, 11) is 0. The van der Waals surface area contributed by atoms with E-state index in [1.807, 2.05) is 0 Å². The Kier molecular flexibility index (Phi) is 9.74. The Morgan fingerprint density at radius 2 is 1.56 bits per heavy atom. The zero-order valence-corrected chi connectivity index (χ0v) is 22.0. The van der Waals surface area contributed by atoms with Crippen LogP contribution in [0.15, 0.2) is 59.6 Å². The van der Waals surface area contributed by atoms with Crippen molar-refractivity contribution in [1.29, 1.82) is 0 Å². The number of imide groups is 1. The average molecular weight is 575 g/mol. The monoisotopic (exact) mass is 575 g/mol. The first-order valence-electron chi connectivity index (χ1n) is 12.0. The van der Waals surface area contributed by atoms with E-state index in [0.717, 1.165) is 51.3 Å². The minimum Gasteiger partial charge on any atom is -0.371 e. The number of piperidine rings is 1. The van der Waals surface area contributed by atoms with Gasteiger partial charge in [0.05, 0.1) is 11.1 Å². The molecule has 34 heavy (non-hydrogen) atoms. The van der Waals surface area contributed by atoms with Crippen LogP contribution < -0.4 is 15.5 Å². The minimum absolute atomic E-state index is 0. The molecule has 2 aromatic carbocycles. The molecular formula is C26H34IN5O2. The van der Waals surface area contributed by atoms with Crippen molar-refractivity contribution in [3.8, 4) is 0 Å². The number of unbranched alkanes of at least 4 members (excludes halogenated alkanes) is 1. The smallest absolute Gasteiger partial charge is 0.261 e. The summed E-state index contributed by atoms with van der Waals surface area (Å²) in [4.78, 5) is 33.4. The molecule has 7 nitrogen and oxygen atoms in total. The highest BCUT2D eigenvalue weighted by atomic mass is 127. The summed E-state index contributed by atoms with van der Waals surface area (Å²) in [6.07, 6.45) is 3.69. The highest BCUT2D eigenvalue weighted by Gasteiger charge is 2.34. The van der Waals surface area contributed by atoms with Crippen LogP contribution >= 0.6 is 24.0 Å². The van der Waals surface area contributed by atoms with Crippen molar-refractivity contribution < 1.29 is 9.59 Å². The second kappa shape index (κ2) is 12.7. The number of nitrogens with one attached hydrogen (secondary N) is 2. The van der Waals surface area contributed by atoms with Gasteiger partial charge in [-0.2, -0.15) is 0 Å². The average Bonchev–Trinajstić information content (AvgIpc) is 3.10. The van der Waals surface area contributed by atoms with E-state index in [2.05, 4.69) is 52.8 Å². The van der Waals surface area contributed by atoms with Crippen molar-refractivity contribution in [1.82, 2.24) is 15.5 Å². The van der Waals surface area contributed by atoms with Gasteiger partial charge in [0, 0.05) is 44.5 Å². The Hall–Kier alpha value is -2.62. The van der Waals surface area contributed by atoms with Gasteiger partial charge in [0.1, 0.15) is 0 Å². The van der Waals surface area contributed by atoms with E-state index in [-0.39, 0.29) is 35.8 Å². The molecule has 2 heterocycles. The number of fused-ring (bicyclic) bond motifs is 1. The van der Waals surface area contributed by atoms with E-state index in [1.165, 1.54) is 10.6 Å². The second-order valence-corrected chi connectivity index (χ2v) is 8.52. The lowest BCUT2D eigenvalue weighted by molar-refractivity contribution is 0.0652. The lowest BCUT2D eigenvalue weighted by Crippen LogP contribution is -2.48. The third-order valence-corrected chi connectivity index (χ3v) is 6.24. The summed E-state index contributed by atoms with van der Waals surface area (Å²) in [5.74, 6) is 0.475. The van der Waals surface area contributed by atoms with E-state index in [1.54, 1.807) is 24.3 Å². The number of aliphatic imine (C=N–C) groups is 1. The Morgan fingerprint density at radius 3 is 2.18 bits per heavy atom. The first kappa shape index (κ1) is 26.0. The molecule has 2 N–H and O–H groups in total. The number of hydrogen-bond acceptors (Lipinski definition) is 4. The maximum absolute atomic E-state index is 12.5. The number of carbonyl (C=O) groups excluding carboxylic acids is 2. The van der Waals surface area contributed by atoms with Gasteiger partial charge < -0.3 is 15.5 Å². The number of guanidine groups is 1. The van der Waals surface area contributed by atoms with E-state index in [0.29, 0.717) is 30.3 Å². The quantitative estimate of drug-likeness (QED) is 0.164. The third kappa shape index (κ3) is 6.28. The topological polar surface area (TPSA) is 77.0 Å². The fourth-order valence-corrected chi connectivity index (χ4v) is 4.45. The molecule has 0 aliphatic carbocycles. The standard InChI is InChI=1S/C26H33N5O2.HI/c1-2-27-26(29-20-14-18-30(19-15-20)21-10-4-3-5-11-21)28-16-8-9-17-31-24(32)22-12-6-7-13-23(22)25(31)33;/h3-7,10-13,20H,2,8-9,14-19H2,1H3,(H2,27,28,29);1H. The maximum Gasteiger partial charge on any atom is 0.261 e. The Labute approximate surface area is 219 Å². The van der Waals surface area contributed by atoms with Crippen molar-refractivity contribution in [2.45, 2.75) is 38.6 Å². The van der Waals surface area contributed by atoms with Gasteiger partial charge in [0.2, 0.25) is 0 Å². The summed E-state index contributed by atoms with van der Waals surface area (Å²) in [6, 6.07) is 18.0. The summed E-state index contributed by atoms with van der Waals surface area (Å²) in [5.41, 5.74) is 2.31. The van der Waals surface area contributed by atoms with Crippen molar-refractivity contribution >= 4 is 47.4 Å². The molecule has 1 saturated heterocycles. The number of rotatable bonds is 8. The number of amides is 2. The van der Waals surface area contributed by atoms with Crippen LogP contribution in [0.1, 0.15) is 53.3 Å². The molecule has 2 aliphatic rings. The highest BCUT2D eigenvalue weighted by molar-refractivity contribution is 14.0. The van der Waals surface area contributed by atoms with Gasteiger partial charge in [0.25, 0.3) is 11.8 Å². The van der Waals surface area contributed by atoms with Gasteiger partial charge in [0.15, 0.2) is 5.96 Å². The molecule has 0 atom stereocenters. The summed E-state index contributed by atoms with van der Waals surface area (Å²) >= 11 is 0. The van der Waals surface area contributed by atoms with Gasteiger partial charge >= 0.3 is 0 Å². The predicted octanol–water partition coefficient (Wildman–Crippen LogP) is 3.90. The normalized spacial score (nSPS) is 16.3. The Balaban J connectivity index is 0.00000324. The zero-order valence-electron chi connectivity index (χ0n) is 19.7. The van der Waals surface area contributed by atoms with Crippen LogP contribution in [0.25, 0.3) is 0 Å². The van der Waals surface area contributed by atoms with Crippen LogP contribution in [0.4, 0.5) is 5.69 Å². The van der Waals surface area contributed by atoms with Crippen molar-refractivity contribution in [3.05, 3.63) is 65.7 Å². The Morgan fingerprint density at radius 1 is 0.941 bits per heavy atom. The molecule has 0 radical (unpaired) electrons. The number of para-hydroxylation sites is 1. The molecule has 0 spiro atoms. The lowest BCUT2D eigenvalue weighted by atomic mass is 10.0. The molecule has 1 fully saturated rings. The highest BCUT2D eigenvalue weighted by Crippen LogP contribution is 2.23. The van der Waals surface area contributed by atoms with E-state index in [4.69, 9.17) is 4.99 Å². The van der Waals surface area contributed by atoms with Gasteiger partial charge in [-0.3, -0.25) is 19.5 Å². The number of halogens is 1. The fraction of sp³-hybridized carbons (Fsp3) is 0.423. The van der Waals surface area contributed by atoms with Crippen LogP contribution in [-0.2, 0) is 0 Å². The number of benzene rings is 2. The summed E-state index contributed by atoms with van der Waals surface area (Å²) in [5, 5.41) is 6.92.